The molecular weight excluding hydrogens is 302 g/mol. The van der Waals surface area contributed by atoms with Crippen molar-refractivity contribution in [3.8, 4) is 6.07 Å². The van der Waals surface area contributed by atoms with Gasteiger partial charge in [-0.15, -0.1) is 0 Å². The van der Waals surface area contributed by atoms with Gasteiger partial charge < -0.3 is 0 Å². The lowest BCUT2D eigenvalue weighted by molar-refractivity contribution is 0.167. The van der Waals surface area contributed by atoms with Crippen LogP contribution in [0.5, 0.6) is 0 Å². The Labute approximate surface area is 135 Å². The quantitative estimate of drug-likeness (QED) is 0.784. The van der Waals surface area contributed by atoms with Crippen molar-refractivity contribution in [1.29, 1.82) is 5.26 Å². The van der Waals surface area contributed by atoms with Crippen molar-refractivity contribution in [2.24, 2.45) is 17.3 Å². The molecule has 1 aromatic carbocycles. The topological polar surface area (TPSA) is 40.9 Å². The summed E-state index contributed by atoms with van der Waals surface area (Å²) in [4.78, 5) is 0.666. The summed E-state index contributed by atoms with van der Waals surface area (Å²) in [7, 11) is -1.22. The number of nitriles is 1. The first-order chi connectivity index (χ1) is 9.84. The van der Waals surface area contributed by atoms with Gasteiger partial charge in [-0.1, -0.05) is 44.5 Å². The van der Waals surface area contributed by atoms with Crippen LogP contribution in [0.2, 0.25) is 5.02 Å². The molecule has 1 saturated carbocycles. The average Bonchev–Trinajstić information content (AvgIpc) is 2.45. The molecule has 4 atom stereocenters. The highest BCUT2D eigenvalue weighted by molar-refractivity contribution is 7.85. The van der Waals surface area contributed by atoms with Gasteiger partial charge in [-0.2, -0.15) is 5.26 Å². The molecule has 2 rings (SSSR count). The van der Waals surface area contributed by atoms with Crippen molar-refractivity contribution in [1.82, 2.24) is 0 Å². The molecule has 1 aliphatic carbocycles. The van der Waals surface area contributed by atoms with E-state index in [0.717, 1.165) is 19.3 Å². The molecule has 2 nitrogen and oxygen atoms in total. The van der Waals surface area contributed by atoms with Gasteiger partial charge >= 0.3 is 0 Å². The summed E-state index contributed by atoms with van der Waals surface area (Å²) in [5.41, 5.74) is 0.184. The lowest BCUT2D eigenvalue weighted by atomic mass is 9.70. The van der Waals surface area contributed by atoms with Gasteiger partial charge in [-0.3, -0.25) is 4.21 Å². The molecule has 0 amide bonds. The Morgan fingerprint density at radius 1 is 1.29 bits per heavy atom. The van der Waals surface area contributed by atoms with E-state index < -0.39 is 10.8 Å². The summed E-state index contributed by atoms with van der Waals surface area (Å²) >= 11 is 6.18. The zero-order valence-electron chi connectivity index (χ0n) is 12.8. The second-order valence-corrected chi connectivity index (χ2v) is 8.93. The molecule has 1 aliphatic rings. The Balaban J connectivity index is 2.28. The highest BCUT2D eigenvalue weighted by Crippen LogP contribution is 2.42. The molecule has 0 N–H and O–H groups in total. The van der Waals surface area contributed by atoms with Crippen molar-refractivity contribution in [3.05, 3.63) is 29.3 Å². The fraction of sp³-hybridized carbons (Fsp3) is 0.588. The molecule has 1 fully saturated rings. The minimum absolute atomic E-state index is 0.118. The van der Waals surface area contributed by atoms with E-state index in [4.69, 9.17) is 11.6 Å². The summed E-state index contributed by atoms with van der Waals surface area (Å²) in [5.74, 6) is 0.360. The van der Waals surface area contributed by atoms with E-state index in [0.29, 0.717) is 15.8 Å². The third-order valence-corrected chi connectivity index (χ3v) is 6.81. The first kappa shape index (κ1) is 16.5. The zero-order valence-corrected chi connectivity index (χ0v) is 14.4. The molecule has 114 valence electrons. The van der Waals surface area contributed by atoms with E-state index in [2.05, 4.69) is 26.8 Å². The van der Waals surface area contributed by atoms with Crippen molar-refractivity contribution in [3.63, 3.8) is 0 Å². The number of hydrogen-bond acceptors (Lipinski definition) is 2. The van der Waals surface area contributed by atoms with Crippen LogP contribution in [0.25, 0.3) is 0 Å². The molecule has 0 aromatic heterocycles. The molecule has 1 aromatic rings. The van der Waals surface area contributed by atoms with Crippen LogP contribution in [0.3, 0.4) is 0 Å². The van der Waals surface area contributed by atoms with E-state index in [-0.39, 0.29) is 16.6 Å². The fourth-order valence-electron chi connectivity index (χ4n) is 3.07. The Morgan fingerprint density at radius 2 is 1.95 bits per heavy atom. The number of benzene rings is 1. The van der Waals surface area contributed by atoms with Crippen LogP contribution in [-0.2, 0) is 10.8 Å². The predicted octanol–water partition coefficient (Wildman–Crippen LogP) is 4.80. The molecule has 21 heavy (non-hydrogen) atoms. The lowest BCUT2D eigenvalue weighted by Gasteiger charge is -2.39. The Kier molecular flexibility index (Phi) is 5.11. The smallest absolute Gasteiger partial charge is 0.0668 e. The van der Waals surface area contributed by atoms with Crippen LogP contribution < -0.4 is 0 Å². The summed E-state index contributed by atoms with van der Waals surface area (Å²) < 4.78 is 12.9. The summed E-state index contributed by atoms with van der Waals surface area (Å²) in [5, 5.41) is 9.81. The van der Waals surface area contributed by atoms with Gasteiger partial charge in [0, 0.05) is 0 Å². The Bertz CT molecular complexity index is 573. The van der Waals surface area contributed by atoms with E-state index in [1.54, 1.807) is 6.07 Å². The molecule has 4 unspecified atom stereocenters. The maximum absolute atomic E-state index is 12.9. The molecule has 0 aliphatic heterocycles. The van der Waals surface area contributed by atoms with E-state index in [9.17, 15) is 9.47 Å². The SMILES string of the molecule is CC(C)(C)C1CCC(C#N)C(S(=O)c2ccccc2Cl)C1. The molecule has 0 heterocycles. The van der Waals surface area contributed by atoms with Crippen LogP contribution in [0.4, 0.5) is 0 Å². The second-order valence-electron chi connectivity index (χ2n) is 6.88. The number of halogens is 1. The second kappa shape index (κ2) is 6.50. The molecule has 0 spiro atoms. The third kappa shape index (κ3) is 3.67. The first-order valence-corrected chi connectivity index (χ1v) is 8.98. The predicted molar refractivity (Wildman–Crippen MR) is 87.5 cm³/mol. The number of rotatable bonds is 2. The monoisotopic (exact) mass is 323 g/mol. The van der Waals surface area contributed by atoms with Crippen LogP contribution >= 0.6 is 11.6 Å². The van der Waals surface area contributed by atoms with E-state index in [1.807, 2.05) is 18.2 Å². The summed E-state index contributed by atoms with van der Waals surface area (Å²) in [6.07, 6.45) is 2.71. The van der Waals surface area contributed by atoms with Gasteiger partial charge in [0.05, 0.1) is 38.0 Å². The minimum Gasteiger partial charge on any atom is -0.254 e. The summed E-state index contributed by atoms with van der Waals surface area (Å²) in [6, 6.07) is 9.63. The molecule has 0 saturated heterocycles. The number of nitrogens with zero attached hydrogens (tertiary/aromatic N) is 1. The van der Waals surface area contributed by atoms with Crippen LogP contribution in [0.1, 0.15) is 40.0 Å². The molecule has 0 radical (unpaired) electrons. The summed E-state index contributed by atoms with van der Waals surface area (Å²) in [6.45, 7) is 6.67. The van der Waals surface area contributed by atoms with Crippen molar-refractivity contribution >= 4 is 22.4 Å². The molecule has 4 heteroatoms. The Hall–Kier alpha value is -0.850. The third-order valence-electron chi connectivity index (χ3n) is 4.51. The largest absolute Gasteiger partial charge is 0.254 e. The molecule has 0 bridgehead atoms. The van der Waals surface area contributed by atoms with E-state index in [1.165, 1.54) is 0 Å². The van der Waals surface area contributed by atoms with Crippen molar-refractivity contribution in [2.45, 2.75) is 50.2 Å². The number of hydrogen-bond donors (Lipinski definition) is 0. The van der Waals surface area contributed by atoms with Crippen LogP contribution in [-0.4, -0.2) is 9.46 Å². The van der Waals surface area contributed by atoms with Crippen molar-refractivity contribution in [2.75, 3.05) is 0 Å². The normalized spacial score (nSPS) is 27.9. The molecular formula is C17H22ClNOS. The maximum Gasteiger partial charge on any atom is 0.0668 e. The van der Waals surface area contributed by atoms with Crippen LogP contribution in [0.15, 0.2) is 29.2 Å². The van der Waals surface area contributed by atoms with Gasteiger partial charge in [-0.25, -0.2) is 0 Å². The van der Waals surface area contributed by atoms with Crippen LogP contribution in [0, 0.1) is 28.6 Å². The van der Waals surface area contributed by atoms with Gasteiger partial charge in [0.1, 0.15) is 0 Å². The van der Waals surface area contributed by atoms with Crippen molar-refractivity contribution < 1.29 is 4.21 Å². The fourth-order valence-corrected chi connectivity index (χ4v) is 5.14. The minimum atomic E-state index is -1.22. The van der Waals surface area contributed by atoms with Gasteiger partial charge in [-0.05, 0) is 42.7 Å². The van der Waals surface area contributed by atoms with Gasteiger partial charge in [0.2, 0.25) is 0 Å². The first-order valence-electron chi connectivity index (χ1n) is 7.39. The highest BCUT2D eigenvalue weighted by Gasteiger charge is 2.39. The highest BCUT2D eigenvalue weighted by atomic mass is 35.5. The van der Waals surface area contributed by atoms with Gasteiger partial charge in [0.25, 0.3) is 0 Å². The zero-order chi connectivity index (χ0) is 15.6. The lowest BCUT2D eigenvalue weighted by Crippen LogP contribution is -2.37. The Morgan fingerprint density at radius 3 is 2.52 bits per heavy atom. The standard InChI is InChI=1S/C17H22ClNOS/c1-17(2,3)13-9-8-12(11-19)16(10-13)21(20)15-7-5-4-6-14(15)18/h4-7,12-13,16H,8-10H2,1-3H3. The van der Waals surface area contributed by atoms with Gasteiger partial charge in [0.15, 0.2) is 0 Å². The van der Waals surface area contributed by atoms with E-state index >= 15 is 0 Å². The maximum atomic E-state index is 12.9. The average molecular weight is 324 g/mol.